The summed E-state index contributed by atoms with van der Waals surface area (Å²) in [4.78, 5) is 12.8. The van der Waals surface area contributed by atoms with Gasteiger partial charge >= 0.3 is 0 Å². The van der Waals surface area contributed by atoms with Crippen LogP contribution >= 0.6 is 11.6 Å². The van der Waals surface area contributed by atoms with E-state index in [0.29, 0.717) is 11.1 Å². The van der Waals surface area contributed by atoms with Gasteiger partial charge in [-0.15, -0.1) is 0 Å². The van der Waals surface area contributed by atoms with Crippen molar-refractivity contribution in [2.24, 2.45) is 0 Å². The number of ether oxygens (including phenoxy) is 1. The summed E-state index contributed by atoms with van der Waals surface area (Å²) < 4.78 is 43.0. The molecule has 1 heterocycles. The molecule has 0 unspecified atom stereocenters. The molecule has 0 aliphatic carbocycles. The maximum absolute atomic E-state index is 13.7. The number of hydrogen-bond donors (Lipinski definition) is 0. The van der Waals surface area contributed by atoms with Crippen molar-refractivity contribution >= 4 is 38.6 Å². The van der Waals surface area contributed by atoms with Crippen LogP contribution in [0.15, 0.2) is 47.4 Å². The Morgan fingerprint density at radius 2 is 1.77 bits per heavy atom. The number of rotatable bonds is 3. The molecule has 0 fully saturated rings. The van der Waals surface area contributed by atoms with E-state index in [0.717, 1.165) is 6.26 Å². The number of halogens is 2. The van der Waals surface area contributed by atoms with Gasteiger partial charge in [-0.25, -0.2) is 12.8 Å². The van der Waals surface area contributed by atoms with Gasteiger partial charge in [-0.2, -0.15) is 0 Å². The van der Waals surface area contributed by atoms with Crippen LogP contribution in [0.2, 0.25) is 5.02 Å². The summed E-state index contributed by atoms with van der Waals surface area (Å²) in [5.74, 6) is -0.522. The molecular weight excluding hydrogens is 379 g/mol. The molecule has 0 saturated heterocycles. The monoisotopic (exact) mass is 394 g/mol. The van der Waals surface area contributed by atoms with Crippen molar-refractivity contribution in [3.05, 3.63) is 64.4 Å². The summed E-state index contributed by atoms with van der Waals surface area (Å²) in [7, 11) is -3.48. The minimum atomic E-state index is -3.48. The van der Waals surface area contributed by atoms with Crippen molar-refractivity contribution in [1.82, 2.24) is 0 Å². The van der Waals surface area contributed by atoms with Gasteiger partial charge in [0.25, 0.3) is 0 Å². The molecule has 3 rings (SSSR count). The molecule has 4 nitrogen and oxygen atoms in total. The quantitative estimate of drug-likeness (QED) is 0.785. The van der Waals surface area contributed by atoms with Gasteiger partial charge in [0.15, 0.2) is 15.4 Å². The van der Waals surface area contributed by atoms with E-state index in [1.807, 2.05) is 0 Å². The summed E-state index contributed by atoms with van der Waals surface area (Å²) >= 11 is 6.12. The molecule has 0 bridgehead atoms. The Bertz CT molecular complexity index is 1050. The minimum absolute atomic E-state index is 0.0144. The van der Waals surface area contributed by atoms with E-state index < -0.39 is 21.3 Å². The average Bonchev–Trinajstić information content (AvgIpc) is 2.76. The van der Waals surface area contributed by atoms with Crippen LogP contribution in [0.1, 0.15) is 25.0 Å². The molecule has 0 amide bonds. The molecule has 2 aromatic rings. The second kappa shape index (κ2) is 6.21. The fraction of sp³-hybridized carbons (Fsp3) is 0.211. The van der Waals surface area contributed by atoms with Crippen LogP contribution in [0, 0.1) is 5.82 Å². The third-order valence-corrected chi connectivity index (χ3v) is 5.64. The van der Waals surface area contributed by atoms with Gasteiger partial charge in [-0.05, 0) is 49.7 Å². The van der Waals surface area contributed by atoms with Crippen molar-refractivity contribution in [1.29, 1.82) is 0 Å². The SMILES string of the molecule is CC1(C)OC(c2ccc(S(C)(=O)=O)c(Cl)c2)=C(c2cccc(F)c2)C1=O. The predicted molar refractivity (Wildman–Crippen MR) is 97.9 cm³/mol. The first-order valence-electron chi connectivity index (χ1n) is 7.75. The first-order chi connectivity index (χ1) is 12.0. The fourth-order valence-corrected chi connectivity index (χ4v) is 4.14. The lowest BCUT2D eigenvalue weighted by atomic mass is 9.92. The average molecular weight is 395 g/mol. The van der Waals surface area contributed by atoms with Gasteiger partial charge in [-0.1, -0.05) is 23.7 Å². The van der Waals surface area contributed by atoms with Gasteiger partial charge in [0, 0.05) is 11.8 Å². The van der Waals surface area contributed by atoms with Crippen molar-refractivity contribution in [2.45, 2.75) is 24.3 Å². The maximum atomic E-state index is 13.7. The van der Waals surface area contributed by atoms with E-state index in [4.69, 9.17) is 16.3 Å². The van der Waals surface area contributed by atoms with Crippen LogP contribution in [0.3, 0.4) is 0 Å². The van der Waals surface area contributed by atoms with Crippen molar-refractivity contribution in [3.63, 3.8) is 0 Å². The Balaban J connectivity index is 2.22. The summed E-state index contributed by atoms with van der Waals surface area (Å²) in [5.41, 5.74) is -0.0592. The largest absolute Gasteiger partial charge is 0.478 e. The number of benzene rings is 2. The molecule has 1 aliphatic heterocycles. The van der Waals surface area contributed by atoms with Crippen molar-refractivity contribution in [2.75, 3.05) is 6.26 Å². The highest BCUT2D eigenvalue weighted by Gasteiger charge is 2.43. The van der Waals surface area contributed by atoms with E-state index in [2.05, 4.69) is 0 Å². The van der Waals surface area contributed by atoms with Gasteiger partial charge in [0.1, 0.15) is 11.6 Å². The van der Waals surface area contributed by atoms with Crippen LogP contribution < -0.4 is 0 Å². The minimum Gasteiger partial charge on any atom is -0.478 e. The lowest BCUT2D eigenvalue weighted by molar-refractivity contribution is -0.125. The molecule has 0 N–H and O–H groups in total. The van der Waals surface area contributed by atoms with Gasteiger partial charge in [0.05, 0.1) is 15.5 Å². The Morgan fingerprint density at radius 3 is 2.35 bits per heavy atom. The Hall–Kier alpha value is -2.18. The first-order valence-corrected chi connectivity index (χ1v) is 10.0. The second-order valence-corrected chi connectivity index (χ2v) is 8.96. The highest BCUT2D eigenvalue weighted by atomic mass is 35.5. The second-order valence-electron chi connectivity index (χ2n) is 6.57. The van der Waals surface area contributed by atoms with Crippen molar-refractivity contribution in [3.8, 4) is 0 Å². The van der Waals surface area contributed by atoms with E-state index in [9.17, 15) is 17.6 Å². The van der Waals surface area contributed by atoms with Crippen LogP contribution in [0.5, 0.6) is 0 Å². The van der Waals surface area contributed by atoms with Gasteiger partial charge < -0.3 is 4.74 Å². The van der Waals surface area contributed by atoms with Crippen molar-refractivity contribution < 1.29 is 22.3 Å². The zero-order valence-electron chi connectivity index (χ0n) is 14.3. The highest BCUT2D eigenvalue weighted by Crippen LogP contribution is 2.42. The van der Waals surface area contributed by atoms with E-state index in [-0.39, 0.29) is 27.0 Å². The molecule has 1 aliphatic rings. The topological polar surface area (TPSA) is 60.4 Å². The van der Waals surface area contributed by atoms with E-state index in [1.165, 1.54) is 36.4 Å². The summed E-state index contributed by atoms with van der Waals surface area (Å²) in [6, 6.07) is 9.98. The standard InChI is InChI=1S/C19H16ClFO4S/c1-19(2)18(22)16(11-5-4-6-13(21)9-11)17(25-19)12-7-8-15(14(20)10-12)26(3,23)24/h4-10H,1-3H3. The van der Waals surface area contributed by atoms with Crippen LogP contribution in [0.25, 0.3) is 11.3 Å². The molecule has 0 spiro atoms. The van der Waals surface area contributed by atoms with E-state index >= 15 is 0 Å². The summed E-state index contributed by atoms with van der Waals surface area (Å²) in [6.45, 7) is 3.24. The zero-order valence-corrected chi connectivity index (χ0v) is 15.9. The number of carbonyl (C=O) groups is 1. The number of hydrogen-bond acceptors (Lipinski definition) is 4. The number of sulfone groups is 1. The molecule has 2 aromatic carbocycles. The smallest absolute Gasteiger partial charge is 0.210 e. The molecule has 0 aromatic heterocycles. The third-order valence-electron chi connectivity index (χ3n) is 4.06. The fourth-order valence-electron chi connectivity index (χ4n) is 2.81. The lowest BCUT2D eigenvalue weighted by Crippen LogP contribution is -2.29. The number of carbonyl (C=O) groups excluding carboxylic acids is 1. The Labute approximate surface area is 156 Å². The number of Topliss-reactive ketones (excluding diaryl/α,β-unsaturated/α-hetero) is 1. The zero-order chi connectivity index (χ0) is 19.3. The third kappa shape index (κ3) is 3.27. The molecule has 26 heavy (non-hydrogen) atoms. The molecular formula is C19H16ClFO4S. The Morgan fingerprint density at radius 1 is 1.08 bits per heavy atom. The van der Waals surface area contributed by atoms with Gasteiger partial charge in [-0.3, -0.25) is 4.79 Å². The Kier molecular flexibility index (Phi) is 4.45. The summed E-state index contributed by atoms with van der Waals surface area (Å²) in [6.07, 6.45) is 1.06. The predicted octanol–water partition coefficient (Wildman–Crippen LogP) is 4.13. The van der Waals surface area contributed by atoms with Gasteiger partial charge in [0.2, 0.25) is 5.78 Å². The van der Waals surface area contributed by atoms with Crippen LogP contribution in [-0.4, -0.2) is 26.1 Å². The van der Waals surface area contributed by atoms with Crippen LogP contribution in [-0.2, 0) is 19.4 Å². The van der Waals surface area contributed by atoms with Crippen LogP contribution in [0.4, 0.5) is 4.39 Å². The molecule has 0 atom stereocenters. The summed E-state index contributed by atoms with van der Waals surface area (Å²) in [5, 5.41) is 0.0249. The molecule has 7 heteroatoms. The maximum Gasteiger partial charge on any atom is 0.210 e. The number of ketones is 1. The first kappa shape index (κ1) is 18.6. The highest BCUT2D eigenvalue weighted by molar-refractivity contribution is 7.90. The molecule has 0 radical (unpaired) electrons. The lowest BCUT2D eigenvalue weighted by Gasteiger charge is -2.18. The molecule has 136 valence electrons. The molecule has 0 saturated carbocycles. The van der Waals surface area contributed by atoms with E-state index in [1.54, 1.807) is 19.9 Å². The normalized spacial score (nSPS) is 16.7.